The Morgan fingerprint density at radius 1 is 0.957 bits per heavy atom. The first-order valence-corrected chi connectivity index (χ1v) is 9.10. The van der Waals surface area contributed by atoms with Gasteiger partial charge in [-0.15, -0.1) is 0 Å². The van der Waals surface area contributed by atoms with Crippen LogP contribution < -0.4 is 5.73 Å². The minimum absolute atomic E-state index is 0.0447. The van der Waals surface area contributed by atoms with E-state index >= 15 is 0 Å². The summed E-state index contributed by atoms with van der Waals surface area (Å²) in [6.07, 6.45) is 10.8. The molecule has 3 nitrogen and oxygen atoms in total. The van der Waals surface area contributed by atoms with E-state index in [1.807, 2.05) is 0 Å². The lowest BCUT2D eigenvalue weighted by Crippen LogP contribution is -2.48. The minimum atomic E-state index is -0.633. The van der Waals surface area contributed by atoms with E-state index in [-0.39, 0.29) is 6.61 Å². The summed E-state index contributed by atoms with van der Waals surface area (Å²) in [5, 5.41) is 9.41. The Kier molecular flexibility index (Phi) is 10.2. The van der Waals surface area contributed by atoms with Gasteiger partial charge < -0.3 is 15.6 Å². The van der Waals surface area contributed by atoms with Crippen LogP contribution in [0.1, 0.15) is 63.0 Å². The Bertz CT molecular complexity index is 405. The highest BCUT2D eigenvalue weighted by Gasteiger charge is 2.23. The molecular weight excluding hydrogens is 286 g/mol. The predicted molar refractivity (Wildman–Crippen MR) is 97.7 cm³/mol. The Morgan fingerprint density at radius 3 is 2.09 bits per heavy atom. The number of ether oxygens (including phenoxy) is 1. The molecule has 0 aliphatic carbocycles. The van der Waals surface area contributed by atoms with Crippen LogP contribution in [0, 0.1) is 0 Å². The summed E-state index contributed by atoms with van der Waals surface area (Å²) in [4.78, 5) is 0. The molecule has 0 fully saturated rings. The maximum Gasteiger partial charge on any atom is 0.0665 e. The van der Waals surface area contributed by atoms with Gasteiger partial charge in [-0.25, -0.2) is 0 Å². The fourth-order valence-electron chi connectivity index (χ4n) is 2.86. The highest BCUT2D eigenvalue weighted by molar-refractivity contribution is 5.23. The van der Waals surface area contributed by atoms with E-state index in [0.717, 1.165) is 12.8 Å². The lowest BCUT2D eigenvalue weighted by Gasteiger charge is -2.26. The number of rotatable bonds is 13. The van der Waals surface area contributed by atoms with E-state index in [2.05, 4.69) is 31.2 Å². The number of methoxy groups -OCH3 is 1. The van der Waals surface area contributed by atoms with Crippen molar-refractivity contribution in [1.82, 2.24) is 0 Å². The molecule has 0 unspecified atom stereocenters. The summed E-state index contributed by atoms with van der Waals surface area (Å²) >= 11 is 0. The quantitative estimate of drug-likeness (QED) is 0.542. The third-order valence-electron chi connectivity index (χ3n) is 4.50. The van der Waals surface area contributed by atoms with Gasteiger partial charge in [-0.1, -0.05) is 63.3 Å². The van der Waals surface area contributed by atoms with E-state index in [4.69, 9.17) is 10.5 Å². The van der Waals surface area contributed by atoms with E-state index in [9.17, 15) is 5.11 Å². The molecule has 3 heteroatoms. The highest BCUT2D eigenvalue weighted by atomic mass is 16.5. The van der Waals surface area contributed by atoms with Crippen LogP contribution in [0.5, 0.6) is 0 Å². The molecule has 1 atom stereocenters. The topological polar surface area (TPSA) is 55.5 Å². The molecule has 0 bridgehead atoms. The molecule has 1 aromatic rings. The van der Waals surface area contributed by atoms with Gasteiger partial charge >= 0.3 is 0 Å². The van der Waals surface area contributed by atoms with E-state index < -0.39 is 5.54 Å². The lowest BCUT2D eigenvalue weighted by molar-refractivity contribution is 0.0817. The van der Waals surface area contributed by atoms with Gasteiger partial charge in [0.1, 0.15) is 0 Å². The van der Waals surface area contributed by atoms with E-state index in [0.29, 0.717) is 6.61 Å². The maximum atomic E-state index is 9.41. The van der Waals surface area contributed by atoms with Crippen LogP contribution in [-0.4, -0.2) is 31.0 Å². The van der Waals surface area contributed by atoms with E-state index in [1.165, 1.54) is 56.1 Å². The molecule has 0 aliphatic heterocycles. The largest absolute Gasteiger partial charge is 0.394 e. The zero-order chi connectivity index (χ0) is 17.0. The fraction of sp³-hybridized carbons (Fsp3) is 0.700. The SMILES string of the molecule is CCCCCCCCc1ccc(CC[C@](N)(CO)COC)cc1. The van der Waals surface area contributed by atoms with Gasteiger partial charge in [0.15, 0.2) is 0 Å². The molecule has 0 spiro atoms. The number of hydrogen-bond donors (Lipinski definition) is 2. The van der Waals surface area contributed by atoms with Crippen LogP contribution in [-0.2, 0) is 17.6 Å². The van der Waals surface area contributed by atoms with Gasteiger partial charge in [0.05, 0.1) is 18.8 Å². The number of unbranched alkanes of at least 4 members (excludes halogenated alkanes) is 5. The number of aliphatic hydroxyl groups excluding tert-OH is 1. The first kappa shape index (κ1) is 20.1. The maximum absolute atomic E-state index is 9.41. The van der Waals surface area contributed by atoms with Gasteiger partial charge in [0, 0.05) is 7.11 Å². The Hall–Kier alpha value is -0.900. The molecule has 0 saturated heterocycles. The number of hydrogen-bond acceptors (Lipinski definition) is 3. The normalized spacial score (nSPS) is 13.9. The second kappa shape index (κ2) is 11.6. The number of aryl methyl sites for hydroxylation is 2. The van der Waals surface area contributed by atoms with Crippen molar-refractivity contribution in [3.8, 4) is 0 Å². The zero-order valence-electron chi connectivity index (χ0n) is 15.0. The molecule has 0 saturated carbocycles. The molecule has 0 aromatic heterocycles. The van der Waals surface area contributed by atoms with E-state index in [1.54, 1.807) is 7.11 Å². The third kappa shape index (κ3) is 8.50. The molecular formula is C20H35NO2. The molecule has 0 heterocycles. The van der Waals surface area contributed by atoms with Crippen molar-refractivity contribution in [2.45, 2.75) is 70.3 Å². The van der Waals surface area contributed by atoms with Gasteiger partial charge in [-0.2, -0.15) is 0 Å². The van der Waals surface area contributed by atoms with Gasteiger partial charge in [0.25, 0.3) is 0 Å². The van der Waals surface area contributed by atoms with Crippen molar-refractivity contribution in [1.29, 1.82) is 0 Å². The average molecular weight is 322 g/mol. The molecule has 0 amide bonds. The Morgan fingerprint density at radius 2 is 1.52 bits per heavy atom. The summed E-state index contributed by atoms with van der Waals surface area (Å²) in [6.45, 7) is 2.60. The van der Waals surface area contributed by atoms with Crippen LogP contribution >= 0.6 is 0 Å². The smallest absolute Gasteiger partial charge is 0.0665 e. The van der Waals surface area contributed by atoms with Crippen LogP contribution in [0.4, 0.5) is 0 Å². The summed E-state index contributed by atoms with van der Waals surface area (Å²) < 4.78 is 5.10. The third-order valence-corrected chi connectivity index (χ3v) is 4.50. The summed E-state index contributed by atoms with van der Waals surface area (Å²) in [5.41, 5.74) is 8.19. The zero-order valence-corrected chi connectivity index (χ0v) is 15.0. The van der Waals surface area contributed by atoms with Crippen molar-refractivity contribution in [2.24, 2.45) is 5.73 Å². The van der Waals surface area contributed by atoms with Crippen molar-refractivity contribution in [3.63, 3.8) is 0 Å². The molecule has 23 heavy (non-hydrogen) atoms. The highest BCUT2D eigenvalue weighted by Crippen LogP contribution is 2.15. The van der Waals surface area contributed by atoms with Crippen LogP contribution in [0.15, 0.2) is 24.3 Å². The minimum Gasteiger partial charge on any atom is -0.394 e. The molecule has 1 rings (SSSR count). The van der Waals surface area contributed by atoms with Crippen molar-refractivity contribution in [3.05, 3.63) is 35.4 Å². The summed E-state index contributed by atoms with van der Waals surface area (Å²) in [7, 11) is 1.62. The Labute approximate surface area is 142 Å². The van der Waals surface area contributed by atoms with Crippen molar-refractivity contribution in [2.75, 3.05) is 20.3 Å². The fourth-order valence-corrected chi connectivity index (χ4v) is 2.86. The molecule has 132 valence electrons. The Balaban J connectivity index is 2.30. The summed E-state index contributed by atoms with van der Waals surface area (Å²) in [6, 6.07) is 8.84. The molecule has 0 radical (unpaired) electrons. The lowest BCUT2D eigenvalue weighted by atomic mass is 9.93. The standard InChI is InChI=1S/C20H35NO2/c1-3-4-5-6-7-8-9-18-10-12-19(13-11-18)14-15-20(21,16-22)17-23-2/h10-13,22H,3-9,14-17,21H2,1-2H3/t20-/m0/s1. The summed E-state index contributed by atoms with van der Waals surface area (Å²) in [5.74, 6) is 0. The van der Waals surface area contributed by atoms with Crippen LogP contribution in [0.25, 0.3) is 0 Å². The molecule has 3 N–H and O–H groups in total. The number of aliphatic hydroxyl groups is 1. The molecule has 1 aromatic carbocycles. The number of benzene rings is 1. The number of nitrogens with two attached hydrogens (primary N) is 1. The second-order valence-electron chi connectivity index (χ2n) is 6.79. The predicted octanol–water partition coefficient (Wildman–Crippen LogP) is 3.86. The first-order valence-electron chi connectivity index (χ1n) is 9.10. The van der Waals surface area contributed by atoms with Crippen molar-refractivity contribution >= 4 is 0 Å². The average Bonchev–Trinajstić information content (AvgIpc) is 2.57. The first-order chi connectivity index (χ1) is 11.1. The van der Waals surface area contributed by atoms with Crippen LogP contribution in [0.3, 0.4) is 0 Å². The molecule has 0 aliphatic rings. The van der Waals surface area contributed by atoms with Gasteiger partial charge in [-0.05, 0) is 36.8 Å². The van der Waals surface area contributed by atoms with Crippen LogP contribution in [0.2, 0.25) is 0 Å². The van der Waals surface area contributed by atoms with Gasteiger partial charge in [0.2, 0.25) is 0 Å². The second-order valence-corrected chi connectivity index (χ2v) is 6.79. The van der Waals surface area contributed by atoms with Gasteiger partial charge in [-0.3, -0.25) is 0 Å². The monoisotopic (exact) mass is 321 g/mol. The van der Waals surface area contributed by atoms with Crippen molar-refractivity contribution < 1.29 is 9.84 Å².